The summed E-state index contributed by atoms with van der Waals surface area (Å²) in [7, 11) is 0. The van der Waals surface area contributed by atoms with E-state index in [0.717, 1.165) is 15.6 Å². The molecule has 82 valence electrons. The van der Waals surface area contributed by atoms with Gasteiger partial charge >= 0.3 is 0 Å². The molecular formula is C12H10BrClN2. The van der Waals surface area contributed by atoms with Gasteiger partial charge in [-0.2, -0.15) is 0 Å². The van der Waals surface area contributed by atoms with Crippen LogP contribution in [0.15, 0.2) is 40.9 Å². The van der Waals surface area contributed by atoms with Crippen molar-refractivity contribution < 1.29 is 0 Å². The van der Waals surface area contributed by atoms with E-state index < -0.39 is 0 Å². The summed E-state index contributed by atoms with van der Waals surface area (Å²) in [5.74, 6) is 0. The minimum atomic E-state index is 0.606. The quantitative estimate of drug-likeness (QED) is 0.784. The van der Waals surface area contributed by atoms with Gasteiger partial charge in [0, 0.05) is 27.0 Å². The summed E-state index contributed by atoms with van der Waals surface area (Å²) in [6, 6.07) is 11.1. The summed E-state index contributed by atoms with van der Waals surface area (Å²) < 4.78 is 0.930. The first-order chi connectivity index (χ1) is 7.59. The number of hydrogen-bond acceptors (Lipinski definition) is 2. The number of nitrogens with two attached hydrogens (primary N) is 2. The molecule has 0 radical (unpaired) electrons. The smallest absolute Gasteiger partial charge is 0.0505 e. The van der Waals surface area contributed by atoms with E-state index in [1.807, 2.05) is 30.3 Å². The van der Waals surface area contributed by atoms with E-state index in [4.69, 9.17) is 23.1 Å². The van der Waals surface area contributed by atoms with E-state index in [9.17, 15) is 0 Å². The Hall–Kier alpha value is -1.19. The highest BCUT2D eigenvalue weighted by atomic mass is 79.9. The van der Waals surface area contributed by atoms with Crippen molar-refractivity contribution in [3.05, 3.63) is 45.9 Å². The number of benzene rings is 2. The topological polar surface area (TPSA) is 52.0 Å². The maximum atomic E-state index is 6.13. The molecule has 0 unspecified atom stereocenters. The Kier molecular flexibility index (Phi) is 3.08. The molecule has 0 fully saturated rings. The summed E-state index contributed by atoms with van der Waals surface area (Å²) in [5.41, 5.74) is 14.8. The Morgan fingerprint density at radius 1 is 1.00 bits per heavy atom. The standard InChI is InChI=1S/C12H10BrClN2/c13-7-4-5-8(11(16)6-7)12-9(14)2-1-3-10(12)15/h1-6H,15-16H2. The van der Waals surface area contributed by atoms with Crippen molar-refractivity contribution in [3.8, 4) is 11.1 Å². The van der Waals surface area contributed by atoms with Crippen LogP contribution in [0.4, 0.5) is 11.4 Å². The molecule has 0 atom stereocenters. The zero-order chi connectivity index (χ0) is 11.7. The van der Waals surface area contributed by atoms with Crippen molar-refractivity contribution in [1.82, 2.24) is 0 Å². The van der Waals surface area contributed by atoms with Crippen LogP contribution in [0.5, 0.6) is 0 Å². The maximum Gasteiger partial charge on any atom is 0.0505 e. The average Bonchev–Trinajstić information content (AvgIpc) is 2.20. The number of halogens is 2. The SMILES string of the molecule is Nc1cc(Br)ccc1-c1c(N)cccc1Cl. The van der Waals surface area contributed by atoms with Gasteiger partial charge in [0.1, 0.15) is 0 Å². The summed E-state index contributed by atoms with van der Waals surface area (Å²) in [5, 5.41) is 0.606. The first-order valence-corrected chi connectivity index (χ1v) is 5.86. The molecule has 2 aromatic carbocycles. The van der Waals surface area contributed by atoms with Crippen LogP contribution in [0.3, 0.4) is 0 Å². The van der Waals surface area contributed by atoms with Crippen molar-refractivity contribution in [2.24, 2.45) is 0 Å². The Labute approximate surface area is 107 Å². The fraction of sp³-hybridized carbons (Fsp3) is 0. The first-order valence-electron chi connectivity index (χ1n) is 4.69. The fourth-order valence-corrected chi connectivity index (χ4v) is 2.25. The van der Waals surface area contributed by atoms with Crippen LogP contribution >= 0.6 is 27.5 Å². The molecule has 0 saturated heterocycles. The molecule has 4 N–H and O–H groups in total. The Morgan fingerprint density at radius 3 is 2.38 bits per heavy atom. The van der Waals surface area contributed by atoms with Crippen LogP contribution in [-0.4, -0.2) is 0 Å². The van der Waals surface area contributed by atoms with Gasteiger partial charge in [0.05, 0.1) is 5.02 Å². The molecule has 0 spiro atoms. The minimum absolute atomic E-state index is 0.606. The molecule has 0 aliphatic rings. The van der Waals surface area contributed by atoms with Crippen LogP contribution in [0.1, 0.15) is 0 Å². The van der Waals surface area contributed by atoms with Crippen LogP contribution in [0, 0.1) is 0 Å². The Balaban J connectivity index is 2.68. The van der Waals surface area contributed by atoms with Crippen molar-refractivity contribution >= 4 is 38.9 Å². The first kappa shape index (κ1) is 11.3. The lowest BCUT2D eigenvalue weighted by molar-refractivity contribution is 1.58. The van der Waals surface area contributed by atoms with Crippen molar-refractivity contribution in [2.75, 3.05) is 11.5 Å². The van der Waals surface area contributed by atoms with Crippen molar-refractivity contribution in [1.29, 1.82) is 0 Å². The summed E-state index contributed by atoms with van der Waals surface area (Å²) >= 11 is 9.49. The lowest BCUT2D eigenvalue weighted by atomic mass is 10.0. The van der Waals surface area contributed by atoms with Gasteiger partial charge in [-0.25, -0.2) is 0 Å². The third-order valence-corrected chi connectivity index (χ3v) is 3.14. The zero-order valence-electron chi connectivity index (χ0n) is 8.37. The second-order valence-electron chi connectivity index (χ2n) is 3.44. The monoisotopic (exact) mass is 296 g/mol. The summed E-state index contributed by atoms with van der Waals surface area (Å²) in [4.78, 5) is 0. The molecule has 2 rings (SSSR count). The van der Waals surface area contributed by atoms with Gasteiger partial charge in [0.2, 0.25) is 0 Å². The molecule has 0 aliphatic heterocycles. The number of rotatable bonds is 1. The number of nitrogen functional groups attached to an aromatic ring is 2. The van der Waals surface area contributed by atoms with Crippen LogP contribution in [-0.2, 0) is 0 Å². The second kappa shape index (κ2) is 4.36. The van der Waals surface area contributed by atoms with Crippen LogP contribution in [0.25, 0.3) is 11.1 Å². The van der Waals surface area contributed by atoms with Gasteiger partial charge in [-0.15, -0.1) is 0 Å². The van der Waals surface area contributed by atoms with E-state index in [1.165, 1.54) is 0 Å². The van der Waals surface area contributed by atoms with E-state index in [2.05, 4.69) is 15.9 Å². The van der Waals surface area contributed by atoms with E-state index in [-0.39, 0.29) is 0 Å². The Bertz CT molecular complexity index is 520. The van der Waals surface area contributed by atoms with Gasteiger partial charge in [0.15, 0.2) is 0 Å². The van der Waals surface area contributed by atoms with E-state index in [0.29, 0.717) is 16.4 Å². The lowest BCUT2D eigenvalue weighted by Crippen LogP contribution is -1.95. The lowest BCUT2D eigenvalue weighted by Gasteiger charge is -2.11. The summed E-state index contributed by atoms with van der Waals surface area (Å²) in [6.45, 7) is 0. The average molecular weight is 298 g/mol. The van der Waals surface area contributed by atoms with Crippen LogP contribution < -0.4 is 11.5 Å². The molecule has 0 amide bonds. The van der Waals surface area contributed by atoms with E-state index in [1.54, 1.807) is 6.07 Å². The molecular weight excluding hydrogens is 288 g/mol. The molecule has 2 nitrogen and oxygen atoms in total. The van der Waals surface area contributed by atoms with Crippen molar-refractivity contribution in [3.63, 3.8) is 0 Å². The highest BCUT2D eigenvalue weighted by Crippen LogP contribution is 2.37. The molecule has 0 bridgehead atoms. The minimum Gasteiger partial charge on any atom is -0.398 e. The Morgan fingerprint density at radius 2 is 1.75 bits per heavy atom. The third kappa shape index (κ3) is 2.01. The predicted octanol–water partition coefficient (Wildman–Crippen LogP) is 3.93. The van der Waals surface area contributed by atoms with Crippen LogP contribution in [0.2, 0.25) is 5.02 Å². The second-order valence-corrected chi connectivity index (χ2v) is 4.76. The normalized spacial score (nSPS) is 10.4. The molecule has 0 aromatic heterocycles. The number of anilines is 2. The highest BCUT2D eigenvalue weighted by Gasteiger charge is 2.10. The molecule has 2 aromatic rings. The molecule has 16 heavy (non-hydrogen) atoms. The predicted molar refractivity (Wildman–Crippen MR) is 73.4 cm³/mol. The fourth-order valence-electron chi connectivity index (χ4n) is 1.59. The highest BCUT2D eigenvalue weighted by molar-refractivity contribution is 9.10. The molecule has 0 aliphatic carbocycles. The van der Waals surface area contributed by atoms with E-state index >= 15 is 0 Å². The van der Waals surface area contributed by atoms with Gasteiger partial charge in [-0.05, 0) is 24.3 Å². The largest absolute Gasteiger partial charge is 0.398 e. The third-order valence-electron chi connectivity index (χ3n) is 2.33. The molecule has 0 heterocycles. The summed E-state index contributed by atoms with van der Waals surface area (Å²) in [6.07, 6.45) is 0. The van der Waals surface area contributed by atoms with Gasteiger partial charge < -0.3 is 11.5 Å². The van der Waals surface area contributed by atoms with Gasteiger partial charge in [-0.1, -0.05) is 39.7 Å². The molecule has 4 heteroatoms. The zero-order valence-corrected chi connectivity index (χ0v) is 10.7. The maximum absolute atomic E-state index is 6.13. The van der Waals surface area contributed by atoms with Crippen molar-refractivity contribution in [2.45, 2.75) is 0 Å². The molecule has 0 saturated carbocycles. The van der Waals surface area contributed by atoms with Gasteiger partial charge in [0.25, 0.3) is 0 Å². The number of hydrogen-bond donors (Lipinski definition) is 2. The van der Waals surface area contributed by atoms with Gasteiger partial charge in [-0.3, -0.25) is 0 Å².